The number of carbonyl (C=O) groups is 1. The smallest absolute Gasteiger partial charge is 0.311 e. The number of halogens is 1. The van der Waals surface area contributed by atoms with Crippen molar-refractivity contribution in [3.05, 3.63) is 58.0 Å². The fourth-order valence-corrected chi connectivity index (χ4v) is 2.64. The molecule has 0 aliphatic heterocycles. The third-order valence-electron chi connectivity index (χ3n) is 2.84. The van der Waals surface area contributed by atoms with E-state index >= 15 is 0 Å². The van der Waals surface area contributed by atoms with Gasteiger partial charge in [-0.3, -0.25) is 4.79 Å². The number of aryl methyl sites for hydroxylation is 1. The number of hydrogen-bond acceptors (Lipinski definition) is 2. The Hall–Kier alpha value is -1.68. The first-order chi connectivity index (χ1) is 8.68. The van der Waals surface area contributed by atoms with E-state index in [9.17, 15) is 14.3 Å². The molecule has 0 radical (unpaired) electrons. The van der Waals surface area contributed by atoms with Gasteiger partial charge in [-0.15, -0.1) is 11.3 Å². The normalized spacial score (nSPS) is 12.3. The SMILES string of the molecule is O=C(O)C(CCc1cccs1)c1ccccc1F. The van der Waals surface area contributed by atoms with Crippen LogP contribution in [0, 0.1) is 5.82 Å². The predicted octanol–water partition coefficient (Wildman–Crippen LogP) is 3.69. The average molecular weight is 264 g/mol. The second-order valence-corrected chi connectivity index (χ2v) is 5.06. The van der Waals surface area contributed by atoms with E-state index in [2.05, 4.69) is 0 Å². The molecule has 1 N–H and O–H groups in total. The lowest BCUT2D eigenvalue weighted by atomic mass is 9.93. The van der Waals surface area contributed by atoms with E-state index in [0.717, 1.165) is 4.88 Å². The number of thiophene rings is 1. The second-order valence-electron chi connectivity index (χ2n) is 4.03. The molecule has 0 amide bonds. The molecule has 18 heavy (non-hydrogen) atoms. The minimum atomic E-state index is -0.975. The van der Waals surface area contributed by atoms with Crippen LogP contribution in [0.3, 0.4) is 0 Å². The molecule has 0 spiro atoms. The van der Waals surface area contributed by atoms with E-state index < -0.39 is 17.7 Å². The summed E-state index contributed by atoms with van der Waals surface area (Å²) in [5.74, 6) is -2.21. The van der Waals surface area contributed by atoms with Gasteiger partial charge < -0.3 is 5.11 Å². The number of aliphatic carboxylic acids is 1. The van der Waals surface area contributed by atoms with Crippen LogP contribution in [0.4, 0.5) is 4.39 Å². The molecule has 1 heterocycles. The summed E-state index contributed by atoms with van der Waals surface area (Å²) in [4.78, 5) is 12.4. The summed E-state index contributed by atoms with van der Waals surface area (Å²) < 4.78 is 13.6. The van der Waals surface area contributed by atoms with Gasteiger partial charge in [0.15, 0.2) is 0 Å². The molecule has 0 aliphatic carbocycles. The van der Waals surface area contributed by atoms with Crippen molar-refractivity contribution in [1.29, 1.82) is 0 Å². The molecule has 4 heteroatoms. The molecule has 1 unspecified atom stereocenters. The number of carboxylic acids is 1. The van der Waals surface area contributed by atoms with E-state index in [4.69, 9.17) is 0 Å². The number of carboxylic acid groups (broad SMARTS) is 1. The van der Waals surface area contributed by atoms with Crippen LogP contribution in [0.25, 0.3) is 0 Å². The van der Waals surface area contributed by atoms with E-state index in [1.54, 1.807) is 29.5 Å². The lowest BCUT2D eigenvalue weighted by Gasteiger charge is -2.12. The monoisotopic (exact) mass is 264 g/mol. The largest absolute Gasteiger partial charge is 0.481 e. The van der Waals surface area contributed by atoms with Crippen LogP contribution in [0.1, 0.15) is 22.8 Å². The van der Waals surface area contributed by atoms with Crippen molar-refractivity contribution < 1.29 is 14.3 Å². The summed E-state index contributed by atoms with van der Waals surface area (Å²) in [5.41, 5.74) is 0.265. The predicted molar refractivity (Wildman–Crippen MR) is 69.4 cm³/mol. The van der Waals surface area contributed by atoms with Gasteiger partial charge in [-0.2, -0.15) is 0 Å². The number of benzene rings is 1. The zero-order valence-electron chi connectivity index (χ0n) is 9.67. The van der Waals surface area contributed by atoms with Crippen molar-refractivity contribution in [2.75, 3.05) is 0 Å². The number of rotatable bonds is 5. The highest BCUT2D eigenvalue weighted by Crippen LogP contribution is 2.25. The molecule has 1 aromatic carbocycles. The van der Waals surface area contributed by atoms with Crippen LogP contribution in [-0.2, 0) is 11.2 Å². The van der Waals surface area contributed by atoms with Crippen molar-refractivity contribution in [1.82, 2.24) is 0 Å². The third kappa shape index (κ3) is 2.96. The Morgan fingerprint density at radius 3 is 2.67 bits per heavy atom. The Balaban J connectivity index is 2.14. The second kappa shape index (κ2) is 5.78. The maximum absolute atomic E-state index is 13.6. The van der Waals surface area contributed by atoms with Gasteiger partial charge in [0.1, 0.15) is 5.82 Å². The minimum absolute atomic E-state index is 0.265. The zero-order valence-corrected chi connectivity index (χ0v) is 10.5. The van der Waals surface area contributed by atoms with Gasteiger partial charge in [-0.05, 0) is 30.4 Å². The van der Waals surface area contributed by atoms with Crippen molar-refractivity contribution in [3.63, 3.8) is 0 Å². The Kier molecular flexibility index (Phi) is 4.10. The maximum Gasteiger partial charge on any atom is 0.311 e. The lowest BCUT2D eigenvalue weighted by molar-refractivity contribution is -0.139. The molecule has 0 bridgehead atoms. The average Bonchev–Trinajstić information content (AvgIpc) is 2.84. The van der Waals surface area contributed by atoms with E-state index in [1.807, 2.05) is 17.5 Å². The van der Waals surface area contributed by atoms with E-state index in [1.165, 1.54) is 6.07 Å². The first-order valence-electron chi connectivity index (χ1n) is 5.68. The van der Waals surface area contributed by atoms with Crippen LogP contribution in [0.2, 0.25) is 0 Å². The van der Waals surface area contributed by atoms with Gasteiger partial charge in [0.2, 0.25) is 0 Å². The Bertz CT molecular complexity index is 522. The Morgan fingerprint density at radius 1 is 1.28 bits per heavy atom. The molecular formula is C14H13FO2S. The third-order valence-corrected chi connectivity index (χ3v) is 3.77. The van der Waals surface area contributed by atoms with Crippen LogP contribution in [-0.4, -0.2) is 11.1 Å². The van der Waals surface area contributed by atoms with Crippen LogP contribution >= 0.6 is 11.3 Å². The molecule has 2 aromatic rings. The van der Waals surface area contributed by atoms with Gasteiger partial charge in [0.05, 0.1) is 5.92 Å². The van der Waals surface area contributed by atoms with Crippen molar-refractivity contribution in [2.24, 2.45) is 0 Å². The van der Waals surface area contributed by atoms with Crippen LogP contribution in [0.5, 0.6) is 0 Å². The first-order valence-corrected chi connectivity index (χ1v) is 6.56. The maximum atomic E-state index is 13.6. The molecule has 0 fully saturated rings. The fraction of sp³-hybridized carbons (Fsp3) is 0.214. The first kappa shape index (κ1) is 12.8. The van der Waals surface area contributed by atoms with Gasteiger partial charge in [0, 0.05) is 10.4 Å². The van der Waals surface area contributed by atoms with Crippen molar-refractivity contribution >= 4 is 17.3 Å². The van der Waals surface area contributed by atoms with Gasteiger partial charge in [-0.1, -0.05) is 24.3 Å². The Morgan fingerprint density at radius 2 is 2.06 bits per heavy atom. The number of hydrogen-bond donors (Lipinski definition) is 1. The molecule has 1 atom stereocenters. The molecule has 0 saturated carbocycles. The standard InChI is InChI=1S/C14H13FO2S/c15-13-6-2-1-5-11(13)12(14(16)17)8-7-10-4-3-9-18-10/h1-6,9,12H,7-8H2,(H,16,17). The van der Waals surface area contributed by atoms with Gasteiger partial charge >= 0.3 is 5.97 Å². The molecular weight excluding hydrogens is 251 g/mol. The summed E-state index contributed by atoms with van der Waals surface area (Å²) in [6.07, 6.45) is 1.07. The molecule has 0 aliphatic rings. The summed E-state index contributed by atoms with van der Waals surface area (Å²) >= 11 is 1.59. The summed E-state index contributed by atoms with van der Waals surface area (Å²) in [6, 6.07) is 9.97. The molecule has 0 saturated heterocycles. The minimum Gasteiger partial charge on any atom is -0.481 e. The quantitative estimate of drug-likeness (QED) is 0.894. The van der Waals surface area contributed by atoms with Crippen LogP contribution in [0.15, 0.2) is 41.8 Å². The summed E-state index contributed by atoms with van der Waals surface area (Å²) in [7, 11) is 0. The molecule has 94 valence electrons. The Labute approximate surface area is 109 Å². The van der Waals surface area contributed by atoms with Crippen molar-refractivity contribution in [2.45, 2.75) is 18.8 Å². The van der Waals surface area contributed by atoms with Crippen molar-refractivity contribution in [3.8, 4) is 0 Å². The lowest BCUT2D eigenvalue weighted by Crippen LogP contribution is -2.14. The molecule has 2 nitrogen and oxygen atoms in total. The van der Waals surface area contributed by atoms with E-state index in [0.29, 0.717) is 12.8 Å². The fourth-order valence-electron chi connectivity index (χ4n) is 1.91. The molecule has 1 aromatic heterocycles. The molecule has 2 rings (SSSR count). The highest BCUT2D eigenvalue weighted by atomic mass is 32.1. The summed E-state index contributed by atoms with van der Waals surface area (Å²) in [5, 5.41) is 11.2. The van der Waals surface area contributed by atoms with E-state index in [-0.39, 0.29) is 5.56 Å². The summed E-state index contributed by atoms with van der Waals surface area (Å²) in [6.45, 7) is 0. The van der Waals surface area contributed by atoms with Crippen LogP contribution < -0.4 is 0 Å². The van der Waals surface area contributed by atoms with Gasteiger partial charge in [-0.25, -0.2) is 4.39 Å². The topological polar surface area (TPSA) is 37.3 Å². The highest BCUT2D eigenvalue weighted by Gasteiger charge is 2.22. The van der Waals surface area contributed by atoms with Gasteiger partial charge in [0.25, 0.3) is 0 Å². The zero-order chi connectivity index (χ0) is 13.0. The highest BCUT2D eigenvalue weighted by molar-refractivity contribution is 7.09.